The van der Waals surface area contributed by atoms with Gasteiger partial charge in [0.25, 0.3) is 11.8 Å². The highest BCUT2D eigenvalue weighted by molar-refractivity contribution is 7.13. The molecule has 0 aliphatic carbocycles. The van der Waals surface area contributed by atoms with Crippen LogP contribution < -0.4 is 26.2 Å². The molecule has 67 heavy (non-hydrogen) atoms. The Labute approximate surface area is 387 Å². The van der Waals surface area contributed by atoms with E-state index < -0.39 is 29.0 Å². The number of hydrogen-bond donors (Lipinski definition) is 5. The monoisotopic (exact) mass is 953 g/mol. The van der Waals surface area contributed by atoms with Crippen LogP contribution in [0.5, 0.6) is 5.75 Å². The minimum Gasteiger partial charge on any atom is -0.489 e. The van der Waals surface area contributed by atoms with Gasteiger partial charge in [0.2, 0.25) is 10.3 Å². The number of hydrogen-bond acceptors (Lipinski definition) is 13. The predicted octanol–water partition coefficient (Wildman–Crippen LogP) is 7.56. The Hall–Kier alpha value is -7.35. The number of amides is 2. The lowest BCUT2D eigenvalue weighted by Crippen LogP contribution is -2.29. The Morgan fingerprint density at radius 1 is 0.910 bits per heavy atom. The SMILES string of the molecule is O=C(C#Cc1ccc(OCc2ccc(F)c(C(F)(F)F)c2)c(CNCCO)c1)NCCOCCNC(=O)c1ccc(-c2csc(-n3[nH]c(-c4ccccc4)c(N=Nc4nccs4)c3=O)n2)cc1. The van der Waals surface area contributed by atoms with Crippen molar-refractivity contribution < 1.29 is 41.7 Å². The third-order valence-electron chi connectivity index (χ3n) is 9.49. The highest BCUT2D eigenvalue weighted by Gasteiger charge is 2.34. The predicted molar refractivity (Wildman–Crippen MR) is 243 cm³/mol. The molecule has 7 aromatic rings. The average Bonchev–Trinajstić information content (AvgIpc) is 4.11. The Kier molecular flexibility index (Phi) is 16.1. The standard InChI is InChI=1S/C46H39F4N9O6S2/c47-36-13-6-30(25-35(36)46(48,49)50)27-65-38-14-7-29(24-34(38)26-51-16-20-60)8-15-39(61)52-17-21-64-22-18-53-42(62)33-11-9-31(10-12-33)37-28-67-45(55-37)59-43(63)41(56-57-44-54-19-23-66-44)40(58-59)32-4-2-1-3-5-32/h1-7,9-14,19,23-25,28,51,58,60H,16-18,20-22,26-27H2,(H,52,61)(H,53,62). The van der Waals surface area contributed by atoms with E-state index in [1.807, 2.05) is 30.3 Å². The molecule has 0 saturated carbocycles. The third kappa shape index (κ3) is 12.9. The highest BCUT2D eigenvalue weighted by Crippen LogP contribution is 2.33. The second kappa shape index (κ2) is 22.7. The van der Waals surface area contributed by atoms with Crippen molar-refractivity contribution in [2.45, 2.75) is 19.3 Å². The van der Waals surface area contributed by atoms with Crippen LogP contribution in [0.2, 0.25) is 0 Å². The van der Waals surface area contributed by atoms with Crippen molar-refractivity contribution in [1.82, 2.24) is 35.7 Å². The van der Waals surface area contributed by atoms with E-state index in [2.05, 4.69) is 53.1 Å². The van der Waals surface area contributed by atoms with Crippen LogP contribution in [0.15, 0.2) is 123 Å². The number of aliphatic hydroxyl groups is 1. The lowest BCUT2D eigenvalue weighted by atomic mass is 10.1. The Balaban J connectivity index is 0.853. The van der Waals surface area contributed by atoms with Gasteiger partial charge in [0, 0.05) is 76.9 Å². The Morgan fingerprint density at radius 3 is 2.45 bits per heavy atom. The summed E-state index contributed by atoms with van der Waals surface area (Å²) in [5.74, 6) is 3.31. The van der Waals surface area contributed by atoms with Crippen LogP contribution in [0.1, 0.15) is 32.6 Å². The number of azo groups is 1. The summed E-state index contributed by atoms with van der Waals surface area (Å²) in [7, 11) is 0. The molecule has 0 radical (unpaired) electrons. The van der Waals surface area contributed by atoms with E-state index in [9.17, 15) is 37.1 Å². The molecule has 0 bridgehead atoms. The molecule has 0 aliphatic rings. The molecule has 0 saturated heterocycles. The summed E-state index contributed by atoms with van der Waals surface area (Å²) in [4.78, 5) is 47.6. The zero-order valence-corrected chi connectivity index (χ0v) is 36.7. The first kappa shape index (κ1) is 47.6. The first-order chi connectivity index (χ1) is 32.5. The second-order valence-corrected chi connectivity index (χ2v) is 15.9. The van der Waals surface area contributed by atoms with Crippen LogP contribution in [-0.4, -0.2) is 76.1 Å². The topological polar surface area (TPSA) is 197 Å². The largest absolute Gasteiger partial charge is 0.489 e. The van der Waals surface area contributed by atoms with Gasteiger partial charge < -0.3 is 30.5 Å². The Bertz CT molecular complexity index is 2950. The molecule has 2 amide bonds. The van der Waals surface area contributed by atoms with Gasteiger partial charge in [-0.1, -0.05) is 54.5 Å². The normalized spacial score (nSPS) is 11.4. The zero-order chi connectivity index (χ0) is 47.2. The number of alkyl halides is 3. The van der Waals surface area contributed by atoms with E-state index in [0.29, 0.717) is 50.2 Å². The van der Waals surface area contributed by atoms with Gasteiger partial charge in [-0.3, -0.25) is 19.5 Å². The fraction of sp³-hybridized carbons (Fsp3) is 0.196. The van der Waals surface area contributed by atoms with E-state index in [-0.39, 0.29) is 69.8 Å². The fourth-order valence-corrected chi connectivity index (χ4v) is 7.49. The molecular weight excluding hydrogens is 915 g/mol. The summed E-state index contributed by atoms with van der Waals surface area (Å²) in [6.45, 7) is 0.759. The maximum atomic E-state index is 13.7. The first-order valence-electron chi connectivity index (χ1n) is 20.3. The van der Waals surface area contributed by atoms with Gasteiger partial charge in [-0.2, -0.15) is 17.9 Å². The molecular formula is C46H39F4N9O6S2. The minimum atomic E-state index is -4.86. The smallest absolute Gasteiger partial charge is 0.419 e. The van der Waals surface area contributed by atoms with Crippen LogP contribution in [0.25, 0.3) is 27.6 Å². The molecule has 0 atom stereocenters. The Morgan fingerprint density at radius 2 is 1.70 bits per heavy atom. The maximum Gasteiger partial charge on any atom is 0.419 e. The van der Waals surface area contributed by atoms with Gasteiger partial charge in [0.15, 0.2) is 5.69 Å². The average molecular weight is 954 g/mol. The van der Waals surface area contributed by atoms with Crippen LogP contribution in [0.4, 0.5) is 28.4 Å². The van der Waals surface area contributed by atoms with Gasteiger partial charge in [0.05, 0.1) is 36.8 Å². The van der Waals surface area contributed by atoms with E-state index in [4.69, 9.17) is 9.47 Å². The van der Waals surface area contributed by atoms with Gasteiger partial charge in [0.1, 0.15) is 18.2 Å². The van der Waals surface area contributed by atoms with Crippen molar-refractivity contribution in [2.75, 3.05) is 39.5 Å². The zero-order valence-electron chi connectivity index (χ0n) is 35.1. The van der Waals surface area contributed by atoms with Crippen molar-refractivity contribution in [3.8, 4) is 45.2 Å². The van der Waals surface area contributed by atoms with Crippen LogP contribution in [0, 0.1) is 17.7 Å². The molecule has 15 nitrogen and oxygen atoms in total. The third-order valence-corrected chi connectivity index (χ3v) is 11.0. The summed E-state index contributed by atoms with van der Waals surface area (Å²) < 4.78 is 65.9. The van der Waals surface area contributed by atoms with Crippen molar-refractivity contribution in [1.29, 1.82) is 0 Å². The van der Waals surface area contributed by atoms with Crippen LogP contribution >= 0.6 is 22.7 Å². The van der Waals surface area contributed by atoms with Crippen molar-refractivity contribution in [3.63, 3.8) is 0 Å². The number of H-pyrrole nitrogens is 1. The maximum absolute atomic E-state index is 13.7. The number of nitrogens with one attached hydrogen (secondary N) is 4. The van der Waals surface area contributed by atoms with E-state index in [0.717, 1.165) is 17.2 Å². The van der Waals surface area contributed by atoms with E-state index in [1.165, 1.54) is 33.4 Å². The van der Waals surface area contributed by atoms with Gasteiger partial charge in [-0.25, -0.2) is 14.4 Å². The van der Waals surface area contributed by atoms with Gasteiger partial charge in [-0.05, 0) is 48.0 Å². The summed E-state index contributed by atoms with van der Waals surface area (Å²) >= 11 is 2.55. The van der Waals surface area contributed by atoms with Crippen LogP contribution in [-0.2, 0) is 28.9 Å². The number of carbonyl (C=O) groups is 2. The summed E-state index contributed by atoms with van der Waals surface area (Å²) in [6, 6.07) is 23.5. The van der Waals surface area contributed by atoms with Crippen molar-refractivity contribution >= 4 is 45.3 Å². The first-order valence-corrected chi connectivity index (χ1v) is 22.1. The molecule has 5 N–H and O–H groups in total. The molecule has 7 rings (SSSR count). The molecule has 0 unspecified atom stereocenters. The highest BCUT2D eigenvalue weighted by atomic mass is 32.1. The molecule has 0 spiro atoms. The number of aliphatic hydroxyl groups excluding tert-OH is 1. The van der Waals surface area contributed by atoms with Crippen molar-refractivity contribution in [2.24, 2.45) is 10.2 Å². The lowest BCUT2D eigenvalue weighted by molar-refractivity contribution is -0.140. The number of aromatic amines is 1. The number of aromatic nitrogens is 4. The molecule has 3 heterocycles. The quantitative estimate of drug-likeness (QED) is 0.0235. The summed E-state index contributed by atoms with van der Waals surface area (Å²) in [6.07, 6.45) is -3.25. The summed E-state index contributed by atoms with van der Waals surface area (Å²) in [5.41, 5.74) is 2.40. The minimum absolute atomic E-state index is 0.111. The van der Waals surface area contributed by atoms with Crippen molar-refractivity contribution in [3.05, 3.63) is 152 Å². The number of thiazole rings is 2. The number of ether oxygens (including phenoxy) is 2. The lowest BCUT2D eigenvalue weighted by Gasteiger charge is -2.14. The van der Waals surface area contributed by atoms with Gasteiger partial charge in [-0.15, -0.1) is 32.9 Å². The molecule has 344 valence electrons. The molecule has 4 aromatic carbocycles. The number of nitrogens with zero attached hydrogens (tertiary/aromatic N) is 5. The van der Waals surface area contributed by atoms with Crippen LogP contribution in [0.3, 0.4) is 0 Å². The number of rotatable bonds is 19. The summed E-state index contributed by atoms with van der Waals surface area (Å²) in [5, 5.41) is 33.5. The van der Waals surface area contributed by atoms with E-state index in [1.54, 1.807) is 59.4 Å². The fourth-order valence-electron chi connectivity index (χ4n) is 6.24. The van der Waals surface area contributed by atoms with E-state index >= 15 is 0 Å². The molecule has 21 heteroatoms. The molecule has 3 aromatic heterocycles. The molecule has 0 aliphatic heterocycles. The second-order valence-electron chi connectivity index (χ2n) is 14.1. The number of benzene rings is 4. The van der Waals surface area contributed by atoms with Gasteiger partial charge >= 0.3 is 11.7 Å². The molecule has 0 fully saturated rings. The number of carbonyl (C=O) groups excluding carboxylic acids is 2. The number of halogens is 4.